The van der Waals surface area contributed by atoms with Crippen molar-refractivity contribution >= 4 is 23.3 Å². The number of carbonyl (C=O) groups excluding carboxylic acids is 2. The molecule has 0 saturated carbocycles. The summed E-state index contributed by atoms with van der Waals surface area (Å²) in [4.78, 5) is 24.0. The van der Waals surface area contributed by atoms with Gasteiger partial charge >= 0.3 is 0 Å². The molecule has 2 amide bonds. The Hall–Kier alpha value is -3.41. The third-order valence-electron chi connectivity index (χ3n) is 4.43. The van der Waals surface area contributed by atoms with Crippen LogP contribution in [0.5, 0.6) is 0 Å². The summed E-state index contributed by atoms with van der Waals surface area (Å²) in [7, 11) is 0. The van der Waals surface area contributed by atoms with E-state index in [0.29, 0.717) is 17.1 Å². The fourth-order valence-electron chi connectivity index (χ4n) is 2.89. The van der Waals surface area contributed by atoms with Crippen LogP contribution in [0.2, 0.25) is 0 Å². The van der Waals surface area contributed by atoms with Crippen molar-refractivity contribution in [2.45, 2.75) is 40.0 Å². The third-order valence-corrected chi connectivity index (χ3v) is 4.43. The molecule has 6 heteroatoms. The molecule has 0 radical (unpaired) electrons. The van der Waals surface area contributed by atoms with Gasteiger partial charge in [-0.1, -0.05) is 32.9 Å². The maximum Gasteiger partial charge on any atom is 0.256 e. The first-order valence-corrected chi connectivity index (χ1v) is 9.50. The van der Waals surface area contributed by atoms with Crippen LogP contribution in [-0.2, 0) is 10.2 Å². The zero-order valence-corrected chi connectivity index (χ0v) is 17.4. The molecule has 0 atom stereocenters. The van der Waals surface area contributed by atoms with Crippen LogP contribution in [-0.4, -0.2) is 21.6 Å². The second-order valence-electron chi connectivity index (χ2n) is 8.13. The molecule has 0 unspecified atom stereocenters. The van der Waals surface area contributed by atoms with Crippen molar-refractivity contribution in [2.24, 2.45) is 0 Å². The number of anilines is 2. The van der Waals surface area contributed by atoms with Gasteiger partial charge in [0.15, 0.2) is 0 Å². The van der Waals surface area contributed by atoms with Gasteiger partial charge in [-0.2, -0.15) is 5.10 Å². The molecule has 2 aromatic carbocycles. The Morgan fingerprint density at radius 2 is 1.66 bits per heavy atom. The lowest BCUT2D eigenvalue weighted by molar-refractivity contribution is -0.114. The van der Waals surface area contributed by atoms with Crippen LogP contribution in [0.25, 0.3) is 5.69 Å². The van der Waals surface area contributed by atoms with Crippen LogP contribution in [0, 0.1) is 6.92 Å². The highest BCUT2D eigenvalue weighted by molar-refractivity contribution is 6.04. The van der Waals surface area contributed by atoms with E-state index in [-0.39, 0.29) is 17.2 Å². The molecule has 2 N–H and O–H groups in total. The Kier molecular flexibility index (Phi) is 5.55. The predicted molar refractivity (Wildman–Crippen MR) is 116 cm³/mol. The zero-order chi connectivity index (χ0) is 21.2. The van der Waals surface area contributed by atoms with Crippen LogP contribution in [0.4, 0.5) is 11.5 Å². The minimum absolute atomic E-state index is 0.154. The van der Waals surface area contributed by atoms with Crippen molar-refractivity contribution in [3.8, 4) is 5.69 Å². The third kappa shape index (κ3) is 4.90. The molecular weight excluding hydrogens is 364 g/mol. The molecule has 0 bridgehead atoms. The average Bonchev–Trinajstić information content (AvgIpc) is 3.06. The topological polar surface area (TPSA) is 76.0 Å². The summed E-state index contributed by atoms with van der Waals surface area (Å²) in [6.07, 6.45) is 0. The van der Waals surface area contributed by atoms with Crippen molar-refractivity contribution in [1.82, 2.24) is 9.78 Å². The van der Waals surface area contributed by atoms with E-state index in [1.165, 1.54) is 6.92 Å². The normalized spacial score (nSPS) is 11.2. The molecule has 0 fully saturated rings. The number of aromatic nitrogens is 2. The quantitative estimate of drug-likeness (QED) is 0.679. The number of hydrogen-bond donors (Lipinski definition) is 2. The number of nitrogens with zero attached hydrogens (tertiary/aromatic N) is 2. The molecule has 1 aromatic heterocycles. The molecule has 3 rings (SSSR count). The fraction of sp³-hybridized carbons (Fsp3) is 0.261. The molecule has 1 heterocycles. The lowest BCUT2D eigenvalue weighted by Crippen LogP contribution is -2.15. The van der Waals surface area contributed by atoms with Gasteiger partial charge in [0.25, 0.3) is 5.91 Å². The van der Waals surface area contributed by atoms with Gasteiger partial charge in [0.2, 0.25) is 5.91 Å². The van der Waals surface area contributed by atoms with E-state index in [1.54, 1.807) is 28.9 Å². The first-order valence-electron chi connectivity index (χ1n) is 9.50. The Morgan fingerprint density at radius 1 is 0.966 bits per heavy atom. The Balaban J connectivity index is 1.92. The van der Waals surface area contributed by atoms with Gasteiger partial charge in [-0.05, 0) is 48.9 Å². The van der Waals surface area contributed by atoms with Gasteiger partial charge in [-0.3, -0.25) is 9.59 Å². The van der Waals surface area contributed by atoms with Gasteiger partial charge in [0.05, 0.1) is 11.4 Å². The van der Waals surface area contributed by atoms with E-state index in [4.69, 9.17) is 5.10 Å². The Bertz CT molecular complexity index is 1040. The maximum absolute atomic E-state index is 12.8. The highest BCUT2D eigenvalue weighted by atomic mass is 16.2. The highest BCUT2D eigenvalue weighted by Crippen LogP contribution is 2.27. The summed E-state index contributed by atoms with van der Waals surface area (Å²) in [6, 6.07) is 16.6. The highest BCUT2D eigenvalue weighted by Gasteiger charge is 2.22. The largest absolute Gasteiger partial charge is 0.326 e. The zero-order valence-electron chi connectivity index (χ0n) is 17.4. The average molecular weight is 390 g/mol. The van der Waals surface area contributed by atoms with Crippen molar-refractivity contribution in [3.05, 3.63) is 71.4 Å². The summed E-state index contributed by atoms with van der Waals surface area (Å²) < 4.78 is 1.76. The maximum atomic E-state index is 12.8. The fourth-order valence-corrected chi connectivity index (χ4v) is 2.89. The smallest absolute Gasteiger partial charge is 0.256 e. The molecule has 0 aliphatic carbocycles. The standard InChI is InChI=1S/C23H26N4O2/c1-15-7-6-8-19(13-15)27-21(14-20(26-27)23(3,4)5)25-22(29)17-9-11-18(12-10-17)24-16(2)28/h6-14H,1-5H3,(H,24,28)(H,25,29). The summed E-state index contributed by atoms with van der Waals surface area (Å²) >= 11 is 0. The number of carbonyl (C=O) groups is 2. The minimum Gasteiger partial charge on any atom is -0.326 e. The summed E-state index contributed by atoms with van der Waals surface area (Å²) in [5.74, 6) is 0.212. The second-order valence-corrected chi connectivity index (χ2v) is 8.13. The molecule has 0 aliphatic heterocycles. The molecule has 6 nitrogen and oxygen atoms in total. The minimum atomic E-state index is -0.242. The van der Waals surface area contributed by atoms with Crippen molar-refractivity contribution in [3.63, 3.8) is 0 Å². The lowest BCUT2D eigenvalue weighted by atomic mass is 9.92. The molecule has 29 heavy (non-hydrogen) atoms. The molecular formula is C23H26N4O2. The Morgan fingerprint density at radius 3 is 2.24 bits per heavy atom. The predicted octanol–water partition coefficient (Wildman–Crippen LogP) is 4.69. The van der Waals surface area contributed by atoms with Gasteiger partial charge in [-0.25, -0.2) is 4.68 Å². The number of aryl methyl sites for hydroxylation is 1. The summed E-state index contributed by atoms with van der Waals surface area (Å²) in [6.45, 7) is 9.72. The first kappa shape index (κ1) is 20.3. The van der Waals surface area contributed by atoms with Crippen LogP contribution in [0.15, 0.2) is 54.6 Å². The van der Waals surface area contributed by atoms with Gasteiger partial charge in [0, 0.05) is 29.7 Å². The lowest BCUT2D eigenvalue weighted by Gasteiger charge is -2.14. The number of benzene rings is 2. The number of hydrogen-bond acceptors (Lipinski definition) is 3. The van der Waals surface area contributed by atoms with Crippen LogP contribution >= 0.6 is 0 Å². The van der Waals surface area contributed by atoms with Gasteiger partial charge < -0.3 is 10.6 Å². The van der Waals surface area contributed by atoms with E-state index in [0.717, 1.165) is 16.9 Å². The Labute approximate surface area is 170 Å². The van der Waals surface area contributed by atoms with Crippen LogP contribution in [0.3, 0.4) is 0 Å². The van der Waals surface area contributed by atoms with Crippen molar-refractivity contribution in [2.75, 3.05) is 10.6 Å². The summed E-state index contributed by atoms with van der Waals surface area (Å²) in [5.41, 5.74) is 3.87. The van der Waals surface area contributed by atoms with E-state index >= 15 is 0 Å². The number of nitrogens with one attached hydrogen (secondary N) is 2. The SMILES string of the molecule is CC(=O)Nc1ccc(C(=O)Nc2cc(C(C)(C)C)nn2-c2cccc(C)c2)cc1. The van der Waals surface area contributed by atoms with E-state index in [1.807, 2.05) is 37.3 Å². The van der Waals surface area contributed by atoms with Crippen LogP contribution in [0.1, 0.15) is 49.3 Å². The van der Waals surface area contributed by atoms with Crippen LogP contribution < -0.4 is 10.6 Å². The van der Waals surface area contributed by atoms with Gasteiger partial charge in [0.1, 0.15) is 5.82 Å². The van der Waals surface area contributed by atoms with E-state index < -0.39 is 0 Å². The number of amides is 2. The molecule has 150 valence electrons. The van der Waals surface area contributed by atoms with E-state index in [2.05, 4.69) is 31.4 Å². The van der Waals surface area contributed by atoms with Gasteiger partial charge in [-0.15, -0.1) is 0 Å². The second kappa shape index (κ2) is 7.91. The first-order chi connectivity index (χ1) is 13.6. The van der Waals surface area contributed by atoms with E-state index in [9.17, 15) is 9.59 Å². The van der Waals surface area contributed by atoms with Crippen molar-refractivity contribution < 1.29 is 9.59 Å². The molecule has 3 aromatic rings. The molecule has 0 saturated heterocycles. The monoisotopic (exact) mass is 390 g/mol. The summed E-state index contributed by atoms with van der Waals surface area (Å²) in [5, 5.41) is 10.4. The van der Waals surface area contributed by atoms with Crippen molar-refractivity contribution in [1.29, 1.82) is 0 Å². The molecule has 0 aliphatic rings. The number of rotatable bonds is 4. The molecule has 0 spiro atoms.